The topological polar surface area (TPSA) is 67.2 Å². The van der Waals surface area contributed by atoms with Crippen molar-refractivity contribution in [2.45, 2.75) is 39.4 Å². The Hall–Kier alpha value is -1.56. The van der Waals surface area contributed by atoms with Gasteiger partial charge in [0.05, 0.1) is 12.2 Å². The van der Waals surface area contributed by atoms with Crippen molar-refractivity contribution >= 4 is 23.4 Å². The highest BCUT2D eigenvalue weighted by molar-refractivity contribution is 6.30. The standard InChI is InChI=1S/C12H17ClN4O2/c1-6-9(10(13)16(4)15-6)5-17-8(3)11(18)14-7(2)12(17)19/h7-8H,5H2,1-4H3,(H,14,18). The number of aromatic nitrogens is 2. The van der Waals surface area contributed by atoms with Gasteiger partial charge in [0.1, 0.15) is 17.2 Å². The highest BCUT2D eigenvalue weighted by Gasteiger charge is 2.36. The first-order chi connectivity index (χ1) is 8.82. The summed E-state index contributed by atoms with van der Waals surface area (Å²) in [5.74, 6) is -0.254. The van der Waals surface area contributed by atoms with Crippen molar-refractivity contribution in [1.29, 1.82) is 0 Å². The van der Waals surface area contributed by atoms with E-state index in [1.54, 1.807) is 30.5 Å². The summed E-state index contributed by atoms with van der Waals surface area (Å²) in [6.07, 6.45) is 0. The van der Waals surface area contributed by atoms with Gasteiger partial charge in [0.2, 0.25) is 11.8 Å². The molecule has 0 bridgehead atoms. The fourth-order valence-electron chi connectivity index (χ4n) is 2.22. The summed E-state index contributed by atoms with van der Waals surface area (Å²) in [7, 11) is 1.75. The molecule has 7 heteroatoms. The monoisotopic (exact) mass is 284 g/mol. The molecule has 1 aromatic rings. The van der Waals surface area contributed by atoms with E-state index in [1.807, 2.05) is 6.92 Å². The van der Waals surface area contributed by atoms with Gasteiger partial charge < -0.3 is 10.2 Å². The van der Waals surface area contributed by atoms with E-state index in [0.29, 0.717) is 11.7 Å². The second-order valence-corrected chi connectivity index (χ2v) is 5.21. The number of piperazine rings is 1. The van der Waals surface area contributed by atoms with Crippen LogP contribution in [0.3, 0.4) is 0 Å². The first-order valence-corrected chi connectivity index (χ1v) is 6.49. The molecule has 1 saturated heterocycles. The lowest BCUT2D eigenvalue weighted by Crippen LogP contribution is -2.61. The molecule has 0 aromatic carbocycles. The Morgan fingerprint density at radius 1 is 1.37 bits per heavy atom. The molecule has 1 fully saturated rings. The average molecular weight is 285 g/mol. The van der Waals surface area contributed by atoms with Gasteiger partial charge in [0.15, 0.2) is 0 Å². The molecule has 1 aliphatic heterocycles. The van der Waals surface area contributed by atoms with Crippen LogP contribution in [0.5, 0.6) is 0 Å². The van der Waals surface area contributed by atoms with Gasteiger partial charge in [-0.2, -0.15) is 5.10 Å². The molecular weight excluding hydrogens is 268 g/mol. The SMILES string of the molecule is Cc1nn(C)c(Cl)c1CN1C(=O)C(C)NC(=O)C1C. The third-order valence-corrected chi connectivity index (χ3v) is 3.93. The number of aryl methyl sites for hydroxylation is 2. The van der Waals surface area contributed by atoms with E-state index in [4.69, 9.17) is 11.6 Å². The number of carbonyl (C=O) groups excluding carboxylic acids is 2. The molecular formula is C12H17ClN4O2. The quantitative estimate of drug-likeness (QED) is 0.866. The van der Waals surface area contributed by atoms with Crippen LogP contribution in [0.25, 0.3) is 0 Å². The second kappa shape index (κ2) is 4.85. The molecule has 2 rings (SSSR count). The lowest BCUT2D eigenvalue weighted by Gasteiger charge is -2.36. The maximum atomic E-state index is 12.2. The molecule has 1 N–H and O–H groups in total. The minimum atomic E-state index is -0.501. The molecule has 0 spiro atoms. The molecule has 0 saturated carbocycles. The highest BCUT2D eigenvalue weighted by Crippen LogP contribution is 2.23. The van der Waals surface area contributed by atoms with Gasteiger partial charge >= 0.3 is 0 Å². The Kier molecular flexibility index (Phi) is 3.54. The van der Waals surface area contributed by atoms with Crippen LogP contribution in [-0.2, 0) is 23.2 Å². The molecule has 104 valence electrons. The molecule has 1 aromatic heterocycles. The highest BCUT2D eigenvalue weighted by atomic mass is 35.5. The van der Waals surface area contributed by atoms with E-state index in [-0.39, 0.29) is 11.8 Å². The summed E-state index contributed by atoms with van der Waals surface area (Å²) in [6, 6.07) is -1.00. The van der Waals surface area contributed by atoms with Crippen LogP contribution < -0.4 is 5.32 Å². The molecule has 2 unspecified atom stereocenters. The minimum Gasteiger partial charge on any atom is -0.343 e. The zero-order valence-corrected chi connectivity index (χ0v) is 12.2. The summed E-state index contributed by atoms with van der Waals surface area (Å²) >= 11 is 6.16. The largest absolute Gasteiger partial charge is 0.343 e. The van der Waals surface area contributed by atoms with Gasteiger partial charge in [-0.3, -0.25) is 14.3 Å². The van der Waals surface area contributed by atoms with Crippen LogP contribution in [0, 0.1) is 6.92 Å². The van der Waals surface area contributed by atoms with Crippen molar-refractivity contribution in [2.24, 2.45) is 7.05 Å². The van der Waals surface area contributed by atoms with Gasteiger partial charge in [-0.05, 0) is 20.8 Å². The van der Waals surface area contributed by atoms with Gasteiger partial charge in [0.25, 0.3) is 0 Å². The third-order valence-electron chi connectivity index (χ3n) is 3.46. The third kappa shape index (κ3) is 2.32. The molecule has 2 heterocycles. The van der Waals surface area contributed by atoms with Crippen molar-refractivity contribution in [3.05, 3.63) is 16.4 Å². The number of hydrogen-bond acceptors (Lipinski definition) is 3. The number of hydrogen-bond donors (Lipinski definition) is 1. The first-order valence-electron chi connectivity index (χ1n) is 6.11. The van der Waals surface area contributed by atoms with Crippen molar-refractivity contribution in [2.75, 3.05) is 0 Å². The van der Waals surface area contributed by atoms with Crippen LogP contribution in [-0.4, -0.2) is 38.6 Å². The number of amides is 2. The maximum absolute atomic E-state index is 12.2. The normalized spacial score (nSPS) is 23.7. The minimum absolute atomic E-state index is 0.105. The van der Waals surface area contributed by atoms with E-state index in [1.165, 1.54) is 0 Å². The maximum Gasteiger partial charge on any atom is 0.245 e. The number of nitrogens with one attached hydrogen (secondary N) is 1. The van der Waals surface area contributed by atoms with Crippen molar-refractivity contribution < 1.29 is 9.59 Å². The van der Waals surface area contributed by atoms with Crippen molar-refractivity contribution in [1.82, 2.24) is 20.0 Å². The molecule has 0 radical (unpaired) electrons. The Morgan fingerprint density at radius 2 is 2.00 bits per heavy atom. The van der Waals surface area contributed by atoms with Gasteiger partial charge in [-0.25, -0.2) is 0 Å². The fourth-order valence-corrected chi connectivity index (χ4v) is 2.45. The number of nitrogens with zero attached hydrogens (tertiary/aromatic N) is 3. The van der Waals surface area contributed by atoms with Crippen LogP contribution in [0.15, 0.2) is 0 Å². The molecule has 2 amide bonds. The van der Waals surface area contributed by atoms with Gasteiger partial charge in [-0.1, -0.05) is 11.6 Å². The predicted molar refractivity (Wildman–Crippen MR) is 70.6 cm³/mol. The van der Waals surface area contributed by atoms with E-state index in [9.17, 15) is 9.59 Å². The molecule has 1 aliphatic rings. The lowest BCUT2D eigenvalue weighted by molar-refractivity contribution is -0.148. The van der Waals surface area contributed by atoms with Crippen LogP contribution in [0.1, 0.15) is 25.1 Å². The zero-order chi connectivity index (χ0) is 14.3. The van der Waals surface area contributed by atoms with Gasteiger partial charge in [-0.15, -0.1) is 0 Å². The Morgan fingerprint density at radius 3 is 2.53 bits per heavy atom. The van der Waals surface area contributed by atoms with E-state index in [0.717, 1.165) is 11.3 Å². The zero-order valence-electron chi connectivity index (χ0n) is 11.4. The summed E-state index contributed by atoms with van der Waals surface area (Å²) in [4.78, 5) is 25.5. The van der Waals surface area contributed by atoms with Gasteiger partial charge in [0, 0.05) is 12.6 Å². The van der Waals surface area contributed by atoms with Crippen LogP contribution >= 0.6 is 11.6 Å². The van der Waals surface area contributed by atoms with Crippen molar-refractivity contribution in [3.8, 4) is 0 Å². The number of rotatable bonds is 2. The number of carbonyl (C=O) groups is 2. The predicted octanol–water partition coefficient (Wildman–Crippen LogP) is 0.617. The van der Waals surface area contributed by atoms with Crippen molar-refractivity contribution in [3.63, 3.8) is 0 Å². The van der Waals surface area contributed by atoms with E-state index < -0.39 is 12.1 Å². The Bertz CT molecular complexity index is 540. The summed E-state index contributed by atoms with van der Waals surface area (Å²) < 4.78 is 1.56. The summed E-state index contributed by atoms with van der Waals surface area (Å²) in [5.41, 5.74) is 1.55. The summed E-state index contributed by atoms with van der Waals surface area (Å²) in [6.45, 7) is 5.52. The molecule has 6 nitrogen and oxygen atoms in total. The number of halogens is 1. The Balaban J connectivity index is 2.30. The fraction of sp³-hybridized carbons (Fsp3) is 0.583. The molecule has 2 atom stereocenters. The second-order valence-electron chi connectivity index (χ2n) is 4.85. The first kappa shape index (κ1) is 13.9. The van der Waals surface area contributed by atoms with Crippen LogP contribution in [0.4, 0.5) is 0 Å². The molecule has 19 heavy (non-hydrogen) atoms. The molecule has 0 aliphatic carbocycles. The smallest absolute Gasteiger partial charge is 0.245 e. The van der Waals surface area contributed by atoms with E-state index in [2.05, 4.69) is 10.4 Å². The van der Waals surface area contributed by atoms with Crippen LogP contribution in [0.2, 0.25) is 5.15 Å². The Labute approximate surface area is 116 Å². The summed E-state index contributed by atoms with van der Waals surface area (Å²) in [5, 5.41) is 7.35. The lowest BCUT2D eigenvalue weighted by atomic mass is 10.1. The van der Waals surface area contributed by atoms with E-state index >= 15 is 0 Å². The average Bonchev–Trinajstić information content (AvgIpc) is 2.58.